The smallest absolute Gasteiger partial charge is 0.329 e. The van der Waals surface area contributed by atoms with Crippen LogP contribution in [0.1, 0.15) is 20.3 Å². The summed E-state index contributed by atoms with van der Waals surface area (Å²) < 4.78 is 10.4. The molecule has 1 N–H and O–H groups in total. The Balaban J connectivity index is 3.19. The molecule has 1 aromatic rings. The monoisotopic (exact) mass is 267 g/mol. The molecule has 0 unspecified atom stereocenters. The molecule has 0 radical (unpaired) electrons. The first-order valence-corrected chi connectivity index (χ1v) is 6.10. The number of hydrogen-bond acceptors (Lipinski definition) is 4. The molecule has 0 heterocycles. The van der Waals surface area contributed by atoms with Gasteiger partial charge in [0, 0.05) is 18.8 Å². The Morgan fingerprint density at radius 3 is 2.32 bits per heavy atom. The van der Waals surface area contributed by atoms with Crippen molar-refractivity contribution in [1.29, 1.82) is 0 Å². The minimum Gasteiger partial charge on any atom is -0.493 e. The van der Waals surface area contributed by atoms with E-state index in [1.54, 1.807) is 45.2 Å². The molecule has 0 aliphatic heterocycles. The zero-order valence-electron chi connectivity index (χ0n) is 12.1. The Hall–Kier alpha value is -1.91. The number of carboxylic acid groups (broad SMARTS) is 1. The molecule has 19 heavy (non-hydrogen) atoms. The second-order valence-electron chi connectivity index (χ2n) is 4.53. The SMILES string of the molecule is CC[C@@](C)(C(=O)O)N(C)c1ccc(OC)c(OC)c1. The zero-order valence-corrected chi connectivity index (χ0v) is 12.1. The predicted molar refractivity (Wildman–Crippen MR) is 74.3 cm³/mol. The Labute approximate surface area is 113 Å². The van der Waals surface area contributed by atoms with E-state index >= 15 is 0 Å². The molecule has 0 saturated carbocycles. The third-order valence-electron chi connectivity index (χ3n) is 3.64. The van der Waals surface area contributed by atoms with Gasteiger partial charge in [-0.3, -0.25) is 0 Å². The minimum atomic E-state index is -0.959. The van der Waals surface area contributed by atoms with Crippen LogP contribution in [0.4, 0.5) is 5.69 Å². The Kier molecular flexibility index (Phi) is 4.64. The fraction of sp³-hybridized carbons (Fsp3) is 0.500. The largest absolute Gasteiger partial charge is 0.493 e. The molecular weight excluding hydrogens is 246 g/mol. The summed E-state index contributed by atoms with van der Waals surface area (Å²) >= 11 is 0. The number of rotatable bonds is 6. The van der Waals surface area contributed by atoms with E-state index in [-0.39, 0.29) is 0 Å². The second kappa shape index (κ2) is 5.82. The van der Waals surface area contributed by atoms with Gasteiger partial charge in [-0.05, 0) is 25.5 Å². The molecule has 0 bridgehead atoms. The lowest BCUT2D eigenvalue weighted by Crippen LogP contribution is -2.50. The van der Waals surface area contributed by atoms with E-state index in [1.165, 1.54) is 0 Å². The van der Waals surface area contributed by atoms with Crippen LogP contribution in [0.5, 0.6) is 11.5 Å². The highest BCUT2D eigenvalue weighted by atomic mass is 16.5. The maximum absolute atomic E-state index is 11.4. The summed E-state index contributed by atoms with van der Waals surface area (Å²) in [5.41, 5.74) is -0.191. The van der Waals surface area contributed by atoms with E-state index in [9.17, 15) is 9.90 Å². The summed E-state index contributed by atoms with van der Waals surface area (Å²) in [7, 11) is 4.88. The van der Waals surface area contributed by atoms with E-state index in [1.807, 2.05) is 13.0 Å². The number of aliphatic carboxylic acids is 1. The fourth-order valence-corrected chi connectivity index (χ4v) is 1.85. The number of ether oxygens (including phenoxy) is 2. The molecule has 0 aliphatic carbocycles. The molecule has 5 heteroatoms. The Bertz CT molecular complexity index is 461. The van der Waals surface area contributed by atoms with Gasteiger partial charge in [-0.1, -0.05) is 6.92 Å². The summed E-state index contributed by atoms with van der Waals surface area (Å²) in [6.45, 7) is 3.55. The number of benzene rings is 1. The molecule has 1 aromatic carbocycles. The molecule has 0 aliphatic rings. The van der Waals surface area contributed by atoms with Gasteiger partial charge in [0.05, 0.1) is 14.2 Å². The van der Waals surface area contributed by atoms with Crippen molar-refractivity contribution in [3.05, 3.63) is 18.2 Å². The first-order valence-electron chi connectivity index (χ1n) is 6.10. The van der Waals surface area contributed by atoms with Crippen LogP contribution in [-0.4, -0.2) is 37.9 Å². The number of hydrogen-bond donors (Lipinski definition) is 1. The van der Waals surface area contributed by atoms with E-state index in [2.05, 4.69) is 0 Å². The highest BCUT2D eigenvalue weighted by Crippen LogP contribution is 2.34. The van der Waals surface area contributed by atoms with Crippen LogP contribution in [0.15, 0.2) is 18.2 Å². The van der Waals surface area contributed by atoms with Gasteiger partial charge >= 0.3 is 5.97 Å². The van der Waals surface area contributed by atoms with Gasteiger partial charge in [-0.15, -0.1) is 0 Å². The predicted octanol–water partition coefficient (Wildman–Crippen LogP) is 2.39. The highest BCUT2D eigenvalue weighted by Gasteiger charge is 2.36. The van der Waals surface area contributed by atoms with Gasteiger partial charge in [0.25, 0.3) is 0 Å². The first-order chi connectivity index (χ1) is 8.90. The standard InChI is InChI=1S/C14H21NO4/c1-6-14(2,13(16)17)15(3)10-7-8-11(18-4)12(9-10)19-5/h7-9H,6H2,1-5H3,(H,16,17)/t14-/m0/s1. The van der Waals surface area contributed by atoms with E-state index in [0.29, 0.717) is 17.9 Å². The molecule has 5 nitrogen and oxygen atoms in total. The van der Waals surface area contributed by atoms with Gasteiger partial charge in [-0.25, -0.2) is 4.79 Å². The summed E-state index contributed by atoms with van der Waals surface area (Å²) in [5, 5.41) is 9.39. The normalized spacial score (nSPS) is 13.5. The van der Waals surface area contributed by atoms with Gasteiger partial charge in [0.1, 0.15) is 5.54 Å². The number of carbonyl (C=O) groups is 1. The molecule has 0 aromatic heterocycles. The Morgan fingerprint density at radius 1 is 1.32 bits per heavy atom. The molecule has 1 atom stereocenters. The first kappa shape index (κ1) is 15.1. The van der Waals surface area contributed by atoms with Crippen molar-refractivity contribution in [1.82, 2.24) is 0 Å². The van der Waals surface area contributed by atoms with Gasteiger partial charge in [-0.2, -0.15) is 0 Å². The van der Waals surface area contributed by atoms with E-state index in [0.717, 1.165) is 5.69 Å². The fourth-order valence-electron chi connectivity index (χ4n) is 1.85. The van der Waals surface area contributed by atoms with Crippen LogP contribution in [0.25, 0.3) is 0 Å². The maximum Gasteiger partial charge on any atom is 0.329 e. The summed E-state index contributed by atoms with van der Waals surface area (Å²) in [5.74, 6) is 0.344. The average molecular weight is 267 g/mol. The highest BCUT2D eigenvalue weighted by molar-refractivity contribution is 5.83. The number of anilines is 1. The van der Waals surface area contributed by atoms with Crippen LogP contribution >= 0.6 is 0 Å². The van der Waals surface area contributed by atoms with Crippen molar-refractivity contribution in [2.24, 2.45) is 0 Å². The van der Waals surface area contributed by atoms with Crippen molar-refractivity contribution in [3.63, 3.8) is 0 Å². The lowest BCUT2D eigenvalue weighted by atomic mass is 9.96. The van der Waals surface area contributed by atoms with Crippen LogP contribution in [-0.2, 0) is 4.79 Å². The van der Waals surface area contributed by atoms with Crippen molar-refractivity contribution in [2.45, 2.75) is 25.8 Å². The molecule has 106 valence electrons. The summed E-state index contributed by atoms with van der Waals surface area (Å²) in [6, 6.07) is 5.36. The molecule has 1 rings (SSSR count). The molecule has 0 fully saturated rings. The molecular formula is C14H21NO4. The number of carboxylic acids is 1. The van der Waals surface area contributed by atoms with Crippen molar-refractivity contribution >= 4 is 11.7 Å². The topological polar surface area (TPSA) is 59.0 Å². The lowest BCUT2D eigenvalue weighted by molar-refractivity contribution is -0.142. The lowest BCUT2D eigenvalue weighted by Gasteiger charge is -2.36. The Morgan fingerprint density at radius 2 is 1.89 bits per heavy atom. The number of nitrogens with zero attached hydrogens (tertiary/aromatic N) is 1. The van der Waals surface area contributed by atoms with Crippen LogP contribution in [0, 0.1) is 0 Å². The van der Waals surface area contributed by atoms with Crippen LogP contribution in [0.3, 0.4) is 0 Å². The van der Waals surface area contributed by atoms with E-state index < -0.39 is 11.5 Å². The van der Waals surface area contributed by atoms with E-state index in [4.69, 9.17) is 9.47 Å². The van der Waals surface area contributed by atoms with Crippen LogP contribution < -0.4 is 14.4 Å². The number of methoxy groups -OCH3 is 2. The van der Waals surface area contributed by atoms with Gasteiger partial charge in [0.2, 0.25) is 0 Å². The minimum absolute atomic E-state index is 0.493. The van der Waals surface area contributed by atoms with Gasteiger partial charge < -0.3 is 19.5 Å². The zero-order chi connectivity index (χ0) is 14.6. The van der Waals surface area contributed by atoms with Crippen molar-refractivity contribution in [3.8, 4) is 11.5 Å². The second-order valence-corrected chi connectivity index (χ2v) is 4.53. The van der Waals surface area contributed by atoms with Crippen LogP contribution in [0.2, 0.25) is 0 Å². The molecule has 0 spiro atoms. The maximum atomic E-state index is 11.4. The summed E-state index contributed by atoms with van der Waals surface area (Å²) in [4.78, 5) is 13.2. The third-order valence-corrected chi connectivity index (χ3v) is 3.64. The average Bonchev–Trinajstić information content (AvgIpc) is 2.44. The summed E-state index contributed by atoms with van der Waals surface area (Å²) in [6.07, 6.45) is 0.493. The van der Waals surface area contributed by atoms with Crippen molar-refractivity contribution < 1.29 is 19.4 Å². The number of likely N-dealkylation sites (N-methyl/N-ethyl adjacent to an activating group) is 1. The quantitative estimate of drug-likeness (QED) is 0.857. The molecule has 0 saturated heterocycles. The molecule has 0 amide bonds. The van der Waals surface area contributed by atoms with Crippen molar-refractivity contribution in [2.75, 3.05) is 26.2 Å². The third kappa shape index (κ3) is 2.75. The van der Waals surface area contributed by atoms with Gasteiger partial charge in [0.15, 0.2) is 11.5 Å².